The Morgan fingerprint density at radius 2 is 1.56 bits per heavy atom. The number of hydrogen-bond donors (Lipinski definition) is 0. The van der Waals surface area contributed by atoms with E-state index in [0.717, 1.165) is 16.8 Å². The van der Waals surface area contributed by atoms with Crippen LogP contribution in [-0.4, -0.2) is 30.2 Å². The van der Waals surface area contributed by atoms with E-state index in [1.807, 2.05) is 44.2 Å². The first kappa shape index (κ1) is 22.1. The van der Waals surface area contributed by atoms with Crippen molar-refractivity contribution in [2.45, 2.75) is 33.1 Å². The molecule has 2 heterocycles. The fourth-order valence-electron chi connectivity index (χ4n) is 5.03. The minimum absolute atomic E-state index is 0.0951. The molecule has 0 radical (unpaired) electrons. The molecule has 3 atom stereocenters. The van der Waals surface area contributed by atoms with Crippen molar-refractivity contribution in [1.82, 2.24) is 0 Å². The predicted molar refractivity (Wildman–Crippen MR) is 126 cm³/mol. The van der Waals surface area contributed by atoms with E-state index in [1.165, 1.54) is 4.90 Å². The third-order valence-electron chi connectivity index (χ3n) is 6.93. The number of rotatable bonds is 4. The van der Waals surface area contributed by atoms with Crippen molar-refractivity contribution < 1.29 is 23.9 Å². The molecule has 2 fully saturated rings. The van der Waals surface area contributed by atoms with Crippen molar-refractivity contribution in [2.75, 3.05) is 16.3 Å². The average molecular weight is 459 g/mol. The van der Waals surface area contributed by atoms with Crippen molar-refractivity contribution in [1.29, 1.82) is 0 Å². The molecule has 3 amide bonds. The molecule has 34 heavy (non-hydrogen) atoms. The van der Waals surface area contributed by atoms with E-state index in [1.54, 1.807) is 29.2 Å². The van der Waals surface area contributed by atoms with Gasteiger partial charge in [0.2, 0.25) is 17.7 Å². The summed E-state index contributed by atoms with van der Waals surface area (Å²) in [6.07, 6.45) is 5.17. The van der Waals surface area contributed by atoms with Gasteiger partial charge in [0.1, 0.15) is 5.75 Å². The van der Waals surface area contributed by atoms with E-state index in [2.05, 4.69) is 0 Å². The Morgan fingerprint density at radius 3 is 2.21 bits per heavy atom. The molecule has 7 heteroatoms. The first-order chi connectivity index (χ1) is 16.3. The molecule has 1 aliphatic carbocycles. The second kappa shape index (κ2) is 8.56. The normalized spacial score (nSPS) is 24.1. The second-order valence-corrected chi connectivity index (χ2v) is 9.28. The third-order valence-corrected chi connectivity index (χ3v) is 6.93. The molecule has 2 aromatic rings. The van der Waals surface area contributed by atoms with Crippen LogP contribution in [-0.2, 0) is 19.2 Å². The summed E-state index contributed by atoms with van der Waals surface area (Å²) in [4.78, 5) is 53.8. The number of ether oxygens (including phenoxy) is 1. The Labute approximate surface area is 198 Å². The molecule has 174 valence electrons. The van der Waals surface area contributed by atoms with Crippen LogP contribution < -0.4 is 14.5 Å². The molecule has 3 aliphatic rings. The standard InChI is InChI=1S/C27H26N2O5/c1-16-7-8-17(2)23(13-16)28-15-18(14-24(28)30)27(33)34-20-11-9-19(10-12-20)29-25(31)21-5-3-4-6-22(21)26(29)32/h3-4,7-13,18,21-22H,5-6,14-15H2,1-2H3/t18-,21+,22+/m1/s1. The van der Waals surface area contributed by atoms with E-state index in [4.69, 9.17) is 4.74 Å². The molecule has 0 bridgehead atoms. The lowest BCUT2D eigenvalue weighted by molar-refractivity contribution is -0.139. The van der Waals surface area contributed by atoms with Crippen LogP contribution in [0.3, 0.4) is 0 Å². The largest absolute Gasteiger partial charge is 0.426 e. The highest BCUT2D eigenvalue weighted by molar-refractivity contribution is 6.22. The van der Waals surface area contributed by atoms with Crippen LogP contribution in [0.5, 0.6) is 5.75 Å². The lowest BCUT2D eigenvalue weighted by Gasteiger charge is -2.19. The van der Waals surface area contributed by atoms with Crippen LogP contribution >= 0.6 is 0 Å². The fourth-order valence-corrected chi connectivity index (χ4v) is 5.03. The summed E-state index contributed by atoms with van der Waals surface area (Å²) in [6.45, 7) is 4.18. The van der Waals surface area contributed by atoms with Gasteiger partial charge in [-0.25, -0.2) is 0 Å². The van der Waals surface area contributed by atoms with Gasteiger partial charge >= 0.3 is 5.97 Å². The minimum Gasteiger partial charge on any atom is -0.426 e. The number of carbonyl (C=O) groups is 4. The number of aryl methyl sites for hydroxylation is 2. The maximum Gasteiger partial charge on any atom is 0.316 e. The molecule has 2 aromatic carbocycles. The van der Waals surface area contributed by atoms with Crippen LogP contribution in [0.4, 0.5) is 11.4 Å². The van der Waals surface area contributed by atoms with E-state index in [-0.39, 0.29) is 42.5 Å². The summed E-state index contributed by atoms with van der Waals surface area (Å²) in [5.41, 5.74) is 3.32. The molecule has 0 unspecified atom stereocenters. The maximum atomic E-state index is 12.8. The number of fused-ring (bicyclic) bond motifs is 1. The quantitative estimate of drug-likeness (QED) is 0.302. The molecule has 0 saturated carbocycles. The molecule has 2 saturated heterocycles. The van der Waals surface area contributed by atoms with Gasteiger partial charge in [-0.1, -0.05) is 24.3 Å². The summed E-state index contributed by atoms with van der Waals surface area (Å²) in [5, 5.41) is 0. The number of imide groups is 1. The van der Waals surface area contributed by atoms with Crippen molar-refractivity contribution in [2.24, 2.45) is 17.8 Å². The Morgan fingerprint density at radius 1 is 0.912 bits per heavy atom. The molecule has 0 aromatic heterocycles. The lowest BCUT2D eigenvalue weighted by Crippen LogP contribution is -2.30. The number of benzene rings is 2. The Kier molecular flexibility index (Phi) is 5.55. The van der Waals surface area contributed by atoms with Crippen LogP contribution in [0, 0.1) is 31.6 Å². The highest BCUT2D eigenvalue weighted by Gasteiger charge is 2.47. The molecule has 5 rings (SSSR count). The smallest absolute Gasteiger partial charge is 0.316 e. The average Bonchev–Trinajstić information content (AvgIpc) is 3.34. The number of esters is 1. The van der Waals surface area contributed by atoms with Crippen molar-refractivity contribution in [3.63, 3.8) is 0 Å². The summed E-state index contributed by atoms with van der Waals surface area (Å²) >= 11 is 0. The summed E-state index contributed by atoms with van der Waals surface area (Å²) in [7, 11) is 0. The number of hydrogen-bond acceptors (Lipinski definition) is 5. The number of amides is 3. The summed E-state index contributed by atoms with van der Waals surface area (Å²) in [6, 6.07) is 12.3. The molecule has 0 N–H and O–H groups in total. The number of carbonyl (C=O) groups excluding carboxylic acids is 4. The van der Waals surface area contributed by atoms with Gasteiger partial charge in [-0.2, -0.15) is 0 Å². The van der Waals surface area contributed by atoms with Gasteiger partial charge in [-0.3, -0.25) is 24.1 Å². The minimum atomic E-state index is -0.565. The zero-order chi connectivity index (χ0) is 24.0. The fraction of sp³-hybridized carbons (Fsp3) is 0.333. The van der Waals surface area contributed by atoms with Crippen LogP contribution in [0.15, 0.2) is 54.6 Å². The first-order valence-electron chi connectivity index (χ1n) is 11.6. The van der Waals surface area contributed by atoms with Crippen molar-refractivity contribution in [3.8, 4) is 5.75 Å². The monoisotopic (exact) mass is 458 g/mol. The number of allylic oxidation sites excluding steroid dienone is 2. The SMILES string of the molecule is Cc1ccc(C)c(N2C[C@H](C(=O)Oc3ccc(N4C(=O)[C@H]5CC=CC[C@@H]5C4=O)cc3)CC2=O)c1. The van der Waals surface area contributed by atoms with Gasteiger partial charge in [0, 0.05) is 18.7 Å². The van der Waals surface area contributed by atoms with Gasteiger partial charge < -0.3 is 9.64 Å². The van der Waals surface area contributed by atoms with Gasteiger partial charge in [0.25, 0.3) is 0 Å². The molecular weight excluding hydrogens is 432 g/mol. The van der Waals surface area contributed by atoms with E-state index in [9.17, 15) is 19.2 Å². The summed E-state index contributed by atoms with van der Waals surface area (Å²) < 4.78 is 5.53. The highest BCUT2D eigenvalue weighted by Crippen LogP contribution is 2.38. The Bertz CT molecular complexity index is 1190. The van der Waals surface area contributed by atoms with Gasteiger partial charge in [0.15, 0.2) is 0 Å². The summed E-state index contributed by atoms with van der Waals surface area (Å²) in [5.74, 6) is -1.79. The van der Waals surface area contributed by atoms with Gasteiger partial charge in [-0.15, -0.1) is 0 Å². The topological polar surface area (TPSA) is 84.0 Å². The molecule has 7 nitrogen and oxygen atoms in total. The predicted octanol–water partition coefficient (Wildman–Crippen LogP) is 3.72. The first-order valence-corrected chi connectivity index (χ1v) is 11.6. The zero-order valence-corrected chi connectivity index (χ0v) is 19.2. The van der Waals surface area contributed by atoms with Gasteiger partial charge in [-0.05, 0) is 68.1 Å². The highest BCUT2D eigenvalue weighted by atomic mass is 16.5. The van der Waals surface area contributed by atoms with E-state index in [0.29, 0.717) is 24.3 Å². The maximum absolute atomic E-state index is 12.8. The Balaban J connectivity index is 1.25. The lowest BCUT2D eigenvalue weighted by atomic mass is 9.85. The molecule has 0 spiro atoms. The molecular formula is C27H26N2O5. The van der Waals surface area contributed by atoms with Crippen LogP contribution in [0.1, 0.15) is 30.4 Å². The van der Waals surface area contributed by atoms with Crippen LogP contribution in [0.2, 0.25) is 0 Å². The Hall–Kier alpha value is -3.74. The van der Waals surface area contributed by atoms with Crippen LogP contribution in [0.25, 0.3) is 0 Å². The number of nitrogens with zero attached hydrogens (tertiary/aromatic N) is 2. The van der Waals surface area contributed by atoms with E-state index >= 15 is 0 Å². The van der Waals surface area contributed by atoms with Crippen molar-refractivity contribution >= 4 is 35.1 Å². The molecule has 2 aliphatic heterocycles. The number of anilines is 2. The van der Waals surface area contributed by atoms with Gasteiger partial charge in [0.05, 0.1) is 23.4 Å². The van der Waals surface area contributed by atoms with E-state index < -0.39 is 11.9 Å². The zero-order valence-electron chi connectivity index (χ0n) is 19.2. The van der Waals surface area contributed by atoms with Crippen molar-refractivity contribution in [3.05, 3.63) is 65.7 Å². The third kappa shape index (κ3) is 3.81. The second-order valence-electron chi connectivity index (χ2n) is 9.28.